The average molecular weight is 576 g/mol. The van der Waals surface area contributed by atoms with Crippen molar-refractivity contribution in [2.24, 2.45) is 5.11 Å². The summed E-state index contributed by atoms with van der Waals surface area (Å²) in [6, 6.07) is 10.8. The van der Waals surface area contributed by atoms with Crippen molar-refractivity contribution in [3.05, 3.63) is 68.8 Å². The molecule has 0 spiro atoms. The summed E-state index contributed by atoms with van der Waals surface area (Å²) in [7, 11) is 0. The number of nitrogens with zero attached hydrogens (tertiary/aromatic N) is 5. The van der Waals surface area contributed by atoms with E-state index in [0.29, 0.717) is 17.2 Å². The second-order valence-corrected chi connectivity index (χ2v) is 10.7. The molecule has 0 saturated carbocycles. The fraction of sp³-hybridized carbons (Fsp3) is 0.500. The standard InChI is InChI=1S/C24H26BrN5O5S/c1-2-32-21-19(28-29-26)20-16(13-33-23(35-20)14-7-4-3-5-8-14)34-24(21)36-17-11-15(25)12-27-18(17)22(31)30-9-6-10-30/h3-5,7-8,11-12,16,19-21,23-24H,2,6,9-10,13H2,1H3/t16?,19-,20-,21?,23?,24+/m0/s1. The molecular formula is C24H26BrN5O5S. The molecule has 0 bridgehead atoms. The van der Waals surface area contributed by atoms with Gasteiger partial charge in [0.2, 0.25) is 0 Å². The van der Waals surface area contributed by atoms with Crippen molar-refractivity contribution in [1.29, 1.82) is 0 Å². The quantitative estimate of drug-likeness (QED) is 0.266. The maximum atomic E-state index is 13.0. The minimum Gasteiger partial charge on any atom is -0.374 e. The Morgan fingerprint density at radius 3 is 2.83 bits per heavy atom. The Labute approximate surface area is 221 Å². The largest absolute Gasteiger partial charge is 0.374 e. The van der Waals surface area contributed by atoms with Crippen molar-refractivity contribution >= 4 is 33.6 Å². The van der Waals surface area contributed by atoms with Crippen LogP contribution in [-0.2, 0) is 18.9 Å². The number of carbonyl (C=O) groups is 1. The summed E-state index contributed by atoms with van der Waals surface area (Å²) in [4.78, 5) is 23.0. The number of hydrogen-bond acceptors (Lipinski definition) is 8. The first kappa shape index (κ1) is 25.5. The van der Waals surface area contributed by atoms with E-state index in [2.05, 4.69) is 30.9 Å². The molecule has 1 aromatic heterocycles. The minimum atomic E-state index is -0.657. The van der Waals surface area contributed by atoms with E-state index in [1.54, 1.807) is 11.1 Å². The summed E-state index contributed by atoms with van der Waals surface area (Å²) in [6.45, 7) is 3.96. The van der Waals surface area contributed by atoms with Gasteiger partial charge in [-0.3, -0.25) is 4.79 Å². The van der Waals surface area contributed by atoms with Crippen LogP contribution in [0.25, 0.3) is 10.4 Å². The Morgan fingerprint density at radius 1 is 1.33 bits per heavy atom. The molecule has 10 nitrogen and oxygen atoms in total. The van der Waals surface area contributed by atoms with Crippen molar-refractivity contribution < 1.29 is 23.7 Å². The highest BCUT2D eigenvalue weighted by molar-refractivity contribution is 9.10. The van der Waals surface area contributed by atoms with E-state index in [9.17, 15) is 10.3 Å². The van der Waals surface area contributed by atoms with Gasteiger partial charge in [0.1, 0.15) is 29.4 Å². The van der Waals surface area contributed by atoms with Crippen molar-refractivity contribution in [2.75, 3.05) is 26.3 Å². The van der Waals surface area contributed by atoms with Gasteiger partial charge in [0.15, 0.2) is 6.29 Å². The second-order valence-electron chi connectivity index (χ2n) is 8.60. The highest BCUT2D eigenvalue weighted by Gasteiger charge is 2.50. The molecule has 3 unspecified atom stereocenters. The van der Waals surface area contributed by atoms with Gasteiger partial charge in [-0.1, -0.05) is 47.2 Å². The van der Waals surface area contributed by atoms with Gasteiger partial charge in [0, 0.05) is 45.7 Å². The Bertz CT molecular complexity index is 1130. The van der Waals surface area contributed by atoms with Crippen molar-refractivity contribution in [1.82, 2.24) is 9.88 Å². The first-order chi connectivity index (χ1) is 17.6. The number of pyridine rings is 1. The first-order valence-electron chi connectivity index (χ1n) is 11.8. The van der Waals surface area contributed by atoms with Crippen LogP contribution < -0.4 is 0 Å². The molecule has 0 N–H and O–H groups in total. The number of thioether (sulfide) groups is 1. The van der Waals surface area contributed by atoms with E-state index in [1.807, 2.05) is 43.3 Å². The second kappa shape index (κ2) is 11.5. The van der Waals surface area contributed by atoms with E-state index in [1.165, 1.54) is 11.8 Å². The van der Waals surface area contributed by atoms with Crippen molar-refractivity contribution in [3.8, 4) is 0 Å². The highest BCUT2D eigenvalue weighted by Crippen LogP contribution is 2.42. The fourth-order valence-corrected chi connectivity index (χ4v) is 6.22. The zero-order chi connectivity index (χ0) is 25.1. The highest BCUT2D eigenvalue weighted by atomic mass is 79.9. The third-order valence-electron chi connectivity index (χ3n) is 6.33. The molecule has 36 heavy (non-hydrogen) atoms. The van der Waals surface area contributed by atoms with Crippen LogP contribution in [0.2, 0.25) is 0 Å². The zero-order valence-electron chi connectivity index (χ0n) is 19.6. The van der Waals surface area contributed by atoms with Crippen LogP contribution in [0.15, 0.2) is 57.1 Å². The van der Waals surface area contributed by atoms with E-state index in [0.717, 1.165) is 29.5 Å². The van der Waals surface area contributed by atoms with Gasteiger partial charge in [0.05, 0.1) is 12.6 Å². The SMILES string of the molecule is CCOC1[C@@H](Sc2cc(Br)cnc2C(=O)N2CCC2)OC2COC(c3ccccc3)O[C@@H]2[C@@H]1N=[N+]=[N-]. The maximum Gasteiger partial charge on any atom is 0.273 e. The molecular weight excluding hydrogens is 550 g/mol. The molecule has 5 rings (SSSR count). The topological polar surface area (TPSA) is 119 Å². The van der Waals surface area contributed by atoms with Crippen LogP contribution in [-0.4, -0.2) is 71.9 Å². The molecule has 190 valence electrons. The number of rotatable bonds is 7. The normalized spacial score (nSPS) is 29.6. The molecule has 0 aliphatic carbocycles. The van der Waals surface area contributed by atoms with Gasteiger partial charge in [-0.15, -0.1) is 0 Å². The predicted octanol–water partition coefficient (Wildman–Crippen LogP) is 4.71. The first-order valence-corrected chi connectivity index (χ1v) is 13.5. The number of benzene rings is 1. The third kappa shape index (κ3) is 5.26. The zero-order valence-corrected chi connectivity index (χ0v) is 22.0. The lowest BCUT2D eigenvalue weighted by atomic mass is 9.96. The van der Waals surface area contributed by atoms with Crippen molar-refractivity contribution in [3.63, 3.8) is 0 Å². The molecule has 3 aliphatic rings. The molecule has 2 aromatic rings. The van der Waals surface area contributed by atoms with Gasteiger partial charge >= 0.3 is 0 Å². The Balaban J connectivity index is 1.42. The summed E-state index contributed by atoms with van der Waals surface area (Å²) in [5.41, 5.74) is 10.1. The lowest BCUT2D eigenvalue weighted by molar-refractivity contribution is -0.300. The number of ether oxygens (including phenoxy) is 4. The number of carbonyl (C=O) groups excluding carboxylic acids is 1. The van der Waals surface area contributed by atoms with Gasteiger partial charge in [-0.25, -0.2) is 4.98 Å². The van der Waals surface area contributed by atoms with Gasteiger partial charge in [-0.2, -0.15) is 0 Å². The number of hydrogen-bond donors (Lipinski definition) is 0. The molecule has 3 fully saturated rings. The number of likely N-dealkylation sites (tertiary alicyclic amines) is 1. The average Bonchev–Trinajstić information content (AvgIpc) is 2.85. The van der Waals surface area contributed by atoms with E-state index in [4.69, 9.17) is 18.9 Å². The van der Waals surface area contributed by atoms with E-state index >= 15 is 0 Å². The van der Waals surface area contributed by atoms with Crippen LogP contribution in [0.4, 0.5) is 0 Å². The number of aromatic nitrogens is 1. The number of fused-ring (bicyclic) bond motifs is 1. The van der Waals surface area contributed by atoms with Crippen LogP contribution >= 0.6 is 27.7 Å². The minimum absolute atomic E-state index is 0.112. The molecule has 4 heterocycles. The van der Waals surface area contributed by atoms with Gasteiger partial charge in [0.25, 0.3) is 5.91 Å². The molecule has 1 amide bonds. The Hall–Kier alpha value is -2.18. The van der Waals surface area contributed by atoms with Crippen LogP contribution in [0.3, 0.4) is 0 Å². The number of azide groups is 1. The lowest BCUT2D eigenvalue weighted by Crippen LogP contribution is -2.60. The summed E-state index contributed by atoms with van der Waals surface area (Å²) in [6.07, 6.45) is 0.348. The number of halogens is 1. The van der Waals surface area contributed by atoms with Gasteiger partial charge in [-0.05, 0) is 40.9 Å². The smallest absolute Gasteiger partial charge is 0.273 e. The van der Waals surface area contributed by atoms with E-state index in [-0.39, 0.29) is 12.5 Å². The van der Waals surface area contributed by atoms with Crippen LogP contribution in [0.5, 0.6) is 0 Å². The molecule has 6 atom stereocenters. The Morgan fingerprint density at radius 2 is 2.14 bits per heavy atom. The summed E-state index contributed by atoms with van der Waals surface area (Å²) >= 11 is 4.80. The van der Waals surface area contributed by atoms with E-state index < -0.39 is 36.1 Å². The molecule has 0 radical (unpaired) electrons. The summed E-state index contributed by atoms with van der Waals surface area (Å²) in [5, 5.41) is 4.10. The molecule has 12 heteroatoms. The lowest BCUT2D eigenvalue weighted by Gasteiger charge is -2.48. The predicted molar refractivity (Wildman–Crippen MR) is 135 cm³/mol. The molecule has 1 aromatic carbocycles. The summed E-state index contributed by atoms with van der Waals surface area (Å²) in [5.74, 6) is -0.112. The Kier molecular flexibility index (Phi) is 8.12. The van der Waals surface area contributed by atoms with Crippen LogP contribution in [0, 0.1) is 0 Å². The van der Waals surface area contributed by atoms with Gasteiger partial charge < -0.3 is 23.8 Å². The monoisotopic (exact) mass is 575 g/mol. The summed E-state index contributed by atoms with van der Waals surface area (Å²) < 4.78 is 25.5. The molecule has 3 aliphatic heterocycles. The maximum absolute atomic E-state index is 13.0. The fourth-order valence-electron chi connectivity index (χ4n) is 4.47. The number of amides is 1. The molecule has 3 saturated heterocycles. The third-order valence-corrected chi connectivity index (χ3v) is 7.94. The van der Waals surface area contributed by atoms with Crippen LogP contribution in [0.1, 0.15) is 35.7 Å². The van der Waals surface area contributed by atoms with Crippen molar-refractivity contribution in [2.45, 2.75) is 54.3 Å².